The number of pyridine rings is 2. The van der Waals surface area contributed by atoms with Crippen molar-refractivity contribution in [3.05, 3.63) is 89.5 Å². The molecule has 3 rings (SSSR count). The molecule has 0 aliphatic rings. The van der Waals surface area contributed by atoms with Crippen LogP contribution in [0.3, 0.4) is 0 Å². The smallest absolute Gasteiger partial charge is 0.339 e. The minimum absolute atomic E-state index is 0.0372. The zero-order chi connectivity index (χ0) is 20.6. The van der Waals surface area contributed by atoms with Crippen LogP contribution in [0.5, 0.6) is 0 Å². The van der Waals surface area contributed by atoms with Crippen molar-refractivity contribution < 1.29 is 19.1 Å². The quantitative estimate of drug-likeness (QED) is 0.626. The predicted octanol–water partition coefficient (Wildman–Crippen LogP) is 2.45. The highest BCUT2D eigenvalue weighted by molar-refractivity contribution is 6.07. The molecule has 0 saturated heterocycles. The van der Waals surface area contributed by atoms with Gasteiger partial charge in [0.05, 0.1) is 30.6 Å². The highest BCUT2D eigenvalue weighted by Gasteiger charge is 2.16. The van der Waals surface area contributed by atoms with E-state index < -0.39 is 17.8 Å². The normalized spacial score (nSPS) is 10.1. The molecule has 2 N–H and O–H groups in total. The number of anilines is 1. The monoisotopic (exact) mass is 390 g/mol. The maximum absolute atomic E-state index is 12.6. The van der Waals surface area contributed by atoms with Gasteiger partial charge in [0.25, 0.3) is 11.8 Å². The van der Waals surface area contributed by atoms with Crippen molar-refractivity contribution in [3.8, 4) is 0 Å². The molecule has 8 heteroatoms. The average molecular weight is 390 g/mol. The number of carbonyl (C=O) groups excluding carboxylic acids is 3. The van der Waals surface area contributed by atoms with Crippen molar-refractivity contribution in [2.45, 2.75) is 6.54 Å². The number of aromatic nitrogens is 2. The lowest BCUT2D eigenvalue weighted by Crippen LogP contribution is -2.25. The van der Waals surface area contributed by atoms with Crippen LogP contribution < -0.4 is 10.6 Å². The van der Waals surface area contributed by atoms with Gasteiger partial charge in [0, 0.05) is 6.20 Å². The summed E-state index contributed by atoms with van der Waals surface area (Å²) >= 11 is 0. The molecule has 0 atom stereocenters. The van der Waals surface area contributed by atoms with Crippen LogP contribution in [-0.4, -0.2) is 34.9 Å². The van der Waals surface area contributed by atoms with E-state index in [1.54, 1.807) is 42.6 Å². The predicted molar refractivity (Wildman–Crippen MR) is 105 cm³/mol. The zero-order valence-electron chi connectivity index (χ0n) is 15.6. The molecule has 0 aliphatic carbocycles. The summed E-state index contributed by atoms with van der Waals surface area (Å²) in [6.45, 7) is 0.240. The lowest BCUT2D eigenvalue weighted by Gasteiger charge is -2.10. The van der Waals surface area contributed by atoms with Gasteiger partial charge in [0.15, 0.2) is 0 Å². The van der Waals surface area contributed by atoms with Gasteiger partial charge < -0.3 is 15.4 Å². The molecule has 8 nitrogen and oxygen atoms in total. The van der Waals surface area contributed by atoms with Crippen LogP contribution in [0, 0.1) is 0 Å². The summed E-state index contributed by atoms with van der Waals surface area (Å²) in [5.41, 5.74) is 1.34. The molecule has 3 aromatic rings. The molecular formula is C21H18N4O4. The molecule has 0 fully saturated rings. The molecule has 0 spiro atoms. The van der Waals surface area contributed by atoms with Gasteiger partial charge in [-0.05, 0) is 36.4 Å². The average Bonchev–Trinajstić information content (AvgIpc) is 2.78. The number of esters is 1. The summed E-state index contributed by atoms with van der Waals surface area (Å²) in [7, 11) is 1.26. The van der Waals surface area contributed by atoms with Crippen LogP contribution in [0.25, 0.3) is 0 Å². The molecule has 146 valence electrons. The van der Waals surface area contributed by atoms with E-state index in [1.165, 1.54) is 25.3 Å². The largest absolute Gasteiger partial charge is 0.465 e. The SMILES string of the molecule is COC(=O)c1ccccc1NC(=O)c1cccc(C(=O)NCc2ccccn2)n1. The van der Waals surface area contributed by atoms with Crippen molar-refractivity contribution in [2.24, 2.45) is 0 Å². The van der Waals surface area contributed by atoms with E-state index >= 15 is 0 Å². The van der Waals surface area contributed by atoms with E-state index in [2.05, 4.69) is 20.6 Å². The van der Waals surface area contributed by atoms with Crippen molar-refractivity contribution in [3.63, 3.8) is 0 Å². The van der Waals surface area contributed by atoms with Gasteiger partial charge in [0.1, 0.15) is 11.4 Å². The van der Waals surface area contributed by atoms with Crippen molar-refractivity contribution in [1.29, 1.82) is 0 Å². The number of carbonyl (C=O) groups is 3. The minimum atomic E-state index is -0.573. The number of nitrogens with zero attached hydrogens (tertiary/aromatic N) is 2. The Morgan fingerprint density at radius 2 is 1.62 bits per heavy atom. The second-order valence-electron chi connectivity index (χ2n) is 5.90. The number of hydrogen-bond donors (Lipinski definition) is 2. The first-order chi connectivity index (χ1) is 14.1. The van der Waals surface area contributed by atoms with E-state index in [0.29, 0.717) is 5.69 Å². The number of methoxy groups -OCH3 is 1. The summed E-state index contributed by atoms with van der Waals surface area (Å²) in [4.78, 5) is 45.0. The summed E-state index contributed by atoms with van der Waals surface area (Å²) < 4.78 is 4.71. The number of amides is 2. The van der Waals surface area contributed by atoms with Crippen LogP contribution in [0.1, 0.15) is 37.0 Å². The Kier molecular flexibility index (Phi) is 6.26. The van der Waals surface area contributed by atoms with Crippen molar-refractivity contribution in [1.82, 2.24) is 15.3 Å². The van der Waals surface area contributed by atoms with Crippen LogP contribution >= 0.6 is 0 Å². The van der Waals surface area contributed by atoms with Gasteiger partial charge in [-0.1, -0.05) is 24.3 Å². The maximum Gasteiger partial charge on any atom is 0.339 e. The Balaban J connectivity index is 1.71. The minimum Gasteiger partial charge on any atom is -0.465 e. The molecule has 2 amide bonds. The summed E-state index contributed by atoms with van der Waals surface area (Å²) in [5.74, 6) is -1.56. The molecule has 2 heterocycles. The Labute approximate surface area is 167 Å². The zero-order valence-corrected chi connectivity index (χ0v) is 15.6. The maximum atomic E-state index is 12.6. The van der Waals surface area contributed by atoms with Gasteiger partial charge in [-0.3, -0.25) is 14.6 Å². The van der Waals surface area contributed by atoms with E-state index in [0.717, 1.165) is 0 Å². The Morgan fingerprint density at radius 1 is 0.897 bits per heavy atom. The summed E-state index contributed by atoms with van der Waals surface area (Å²) in [5, 5.41) is 5.33. The molecule has 0 aliphatic heterocycles. The fraction of sp³-hybridized carbons (Fsp3) is 0.0952. The van der Waals surface area contributed by atoms with E-state index in [-0.39, 0.29) is 29.2 Å². The molecular weight excluding hydrogens is 372 g/mol. The Morgan fingerprint density at radius 3 is 2.34 bits per heavy atom. The number of nitrogens with one attached hydrogen (secondary N) is 2. The highest BCUT2D eigenvalue weighted by atomic mass is 16.5. The topological polar surface area (TPSA) is 110 Å². The van der Waals surface area contributed by atoms with Crippen molar-refractivity contribution >= 4 is 23.5 Å². The van der Waals surface area contributed by atoms with E-state index in [9.17, 15) is 14.4 Å². The van der Waals surface area contributed by atoms with Gasteiger partial charge in [-0.25, -0.2) is 9.78 Å². The van der Waals surface area contributed by atoms with Gasteiger partial charge in [-0.15, -0.1) is 0 Å². The second-order valence-corrected chi connectivity index (χ2v) is 5.90. The molecule has 0 radical (unpaired) electrons. The van der Waals surface area contributed by atoms with Gasteiger partial charge >= 0.3 is 5.97 Å². The number of benzene rings is 1. The lowest BCUT2D eigenvalue weighted by atomic mass is 10.1. The Bertz CT molecular complexity index is 1040. The van der Waals surface area contributed by atoms with Crippen LogP contribution in [0.15, 0.2) is 66.9 Å². The van der Waals surface area contributed by atoms with Crippen LogP contribution in [0.4, 0.5) is 5.69 Å². The number of ether oxygens (including phenoxy) is 1. The molecule has 0 bridgehead atoms. The molecule has 0 unspecified atom stereocenters. The fourth-order valence-corrected chi connectivity index (χ4v) is 2.52. The first-order valence-electron chi connectivity index (χ1n) is 8.72. The third-order valence-electron chi connectivity index (χ3n) is 3.95. The first kappa shape index (κ1) is 19.7. The fourth-order valence-electron chi connectivity index (χ4n) is 2.52. The third kappa shape index (κ3) is 5.01. The summed E-state index contributed by atoms with van der Waals surface area (Å²) in [6, 6.07) is 16.4. The molecule has 0 saturated carbocycles. The molecule has 1 aromatic carbocycles. The third-order valence-corrected chi connectivity index (χ3v) is 3.95. The van der Waals surface area contributed by atoms with Gasteiger partial charge in [0.2, 0.25) is 0 Å². The standard InChI is InChI=1S/C21H18N4O4/c1-29-21(28)15-8-2-3-9-16(15)25-20(27)18-11-6-10-17(24-18)19(26)23-13-14-7-4-5-12-22-14/h2-12H,13H2,1H3,(H,23,26)(H,25,27). The van der Waals surface area contributed by atoms with Crippen LogP contribution in [0.2, 0.25) is 0 Å². The van der Waals surface area contributed by atoms with Crippen molar-refractivity contribution in [2.75, 3.05) is 12.4 Å². The van der Waals surface area contributed by atoms with E-state index in [4.69, 9.17) is 4.74 Å². The highest BCUT2D eigenvalue weighted by Crippen LogP contribution is 2.17. The number of rotatable bonds is 6. The van der Waals surface area contributed by atoms with Gasteiger partial charge in [-0.2, -0.15) is 0 Å². The number of para-hydroxylation sites is 1. The number of hydrogen-bond acceptors (Lipinski definition) is 6. The molecule has 2 aromatic heterocycles. The summed E-state index contributed by atoms with van der Waals surface area (Å²) in [6.07, 6.45) is 1.64. The van der Waals surface area contributed by atoms with E-state index in [1.807, 2.05) is 6.07 Å². The molecule has 29 heavy (non-hydrogen) atoms. The van der Waals surface area contributed by atoms with Crippen LogP contribution in [-0.2, 0) is 11.3 Å². The second kappa shape index (κ2) is 9.23. The lowest BCUT2D eigenvalue weighted by molar-refractivity contribution is 0.0601. The Hall–Kier alpha value is -4.07. The first-order valence-corrected chi connectivity index (χ1v) is 8.72.